The van der Waals surface area contributed by atoms with Crippen LogP contribution in [0.25, 0.3) is 0 Å². The van der Waals surface area contributed by atoms with E-state index in [1.807, 2.05) is 0 Å². The summed E-state index contributed by atoms with van der Waals surface area (Å²) in [6, 6.07) is 0. The Kier molecular flexibility index (Phi) is 1.97. The second-order valence-electron chi connectivity index (χ2n) is 4.09. The maximum absolute atomic E-state index is 10.3. The van der Waals surface area contributed by atoms with Crippen LogP contribution in [0, 0.1) is 17.8 Å². The molecule has 1 nitrogen and oxygen atoms in total. The van der Waals surface area contributed by atoms with Gasteiger partial charge in [0.05, 0.1) is 0 Å². The van der Waals surface area contributed by atoms with E-state index < -0.39 is 0 Å². The van der Waals surface area contributed by atoms with Gasteiger partial charge in [0, 0.05) is 6.42 Å². The third-order valence-corrected chi connectivity index (χ3v) is 3.63. The number of aldehydes is 1. The van der Waals surface area contributed by atoms with Crippen LogP contribution in [-0.2, 0) is 4.79 Å². The van der Waals surface area contributed by atoms with Crippen molar-refractivity contribution in [3.8, 4) is 0 Å². The fourth-order valence-corrected chi connectivity index (χ4v) is 3.10. The molecular formula is C10H16O. The molecule has 2 fully saturated rings. The van der Waals surface area contributed by atoms with E-state index >= 15 is 0 Å². The van der Waals surface area contributed by atoms with E-state index in [-0.39, 0.29) is 0 Å². The standard InChI is InChI=1S/C10H16O/c11-7-6-9-5-4-8-2-1-3-10(8)9/h7-10H,1-6H2. The second-order valence-corrected chi connectivity index (χ2v) is 4.09. The normalized spacial score (nSPS) is 42.4. The molecule has 3 unspecified atom stereocenters. The van der Waals surface area contributed by atoms with Gasteiger partial charge < -0.3 is 4.79 Å². The summed E-state index contributed by atoms with van der Waals surface area (Å²) in [6.07, 6.45) is 8.96. The van der Waals surface area contributed by atoms with E-state index in [2.05, 4.69) is 0 Å². The summed E-state index contributed by atoms with van der Waals surface area (Å²) in [6.45, 7) is 0. The topological polar surface area (TPSA) is 17.1 Å². The number of carbonyl (C=O) groups excluding carboxylic acids is 1. The molecule has 1 heteroatoms. The highest BCUT2D eigenvalue weighted by Gasteiger charge is 2.38. The molecule has 0 bridgehead atoms. The molecule has 2 aliphatic rings. The van der Waals surface area contributed by atoms with Crippen molar-refractivity contribution < 1.29 is 4.79 Å². The molecule has 62 valence electrons. The van der Waals surface area contributed by atoms with Crippen LogP contribution in [0.3, 0.4) is 0 Å². The van der Waals surface area contributed by atoms with Crippen LogP contribution >= 0.6 is 0 Å². The van der Waals surface area contributed by atoms with Crippen LogP contribution in [0.15, 0.2) is 0 Å². The Hall–Kier alpha value is -0.330. The smallest absolute Gasteiger partial charge is 0.120 e. The van der Waals surface area contributed by atoms with Gasteiger partial charge in [-0.05, 0) is 37.0 Å². The second kappa shape index (κ2) is 2.96. The third-order valence-electron chi connectivity index (χ3n) is 3.63. The minimum Gasteiger partial charge on any atom is -0.303 e. The third kappa shape index (κ3) is 1.21. The van der Waals surface area contributed by atoms with Gasteiger partial charge in [-0.1, -0.05) is 12.8 Å². The van der Waals surface area contributed by atoms with Crippen LogP contribution < -0.4 is 0 Å². The lowest BCUT2D eigenvalue weighted by Crippen LogP contribution is -2.09. The molecule has 2 saturated carbocycles. The molecule has 0 aliphatic heterocycles. The van der Waals surface area contributed by atoms with Crippen molar-refractivity contribution in [2.24, 2.45) is 17.8 Å². The van der Waals surface area contributed by atoms with Gasteiger partial charge in [0.15, 0.2) is 0 Å². The number of fused-ring (bicyclic) bond motifs is 1. The van der Waals surface area contributed by atoms with Gasteiger partial charge in [0.25, 0.3) is 0 Å². The van der Waals surface area contributed by atoms with Gasteiger partial charge in [-0.3, -0.25) is 0 Å². The molecule has 2 rings (SSSR count). The van der Waals surface area contributed by atoms with Gasteiger partial charge >= 0.3 is 0 Å². The van der Waals surface area contributed by atoms with Crippen molar-refractivity contribution in [1.82, 2.24) is 0 Å². The van der Waals surface area contributed by atoms with Crippen LogP contribution in [0.5, 0.6) is 0 Å². The van der Waals surface area contributed by atoms with E-state index in [4.69, 9.17) is 0 Å². The summed E-state index contributed by atoms with van der Waals surface area (Å²) in [4.78, 5) is 10.3. The van der Waals surface area contributed by atoms with E-state index in [0.29, 0.717) is 0 Å². The molecule has 0 amide bonds. The summed E-state index contributed by atoms with van der Waals surface area (Å²) in [5.74, 6) is 2.69. The van der Waals surface area contributed by atoms with E-state index in [1.165, 1.54) is 32.1 Å². The Bertz CT molecular complexity index is 153. The van der Waals surface area contributed by atoms with Crippen LogP contribution in [-0.4, -0.2) is 6.29 Å². The van der Waals surface area contributed by atoms with Crippen LogP contribution in [0.1, 0.15) is 38.5 Å². The molecule has 0 N–H and O–H groups in total. The summed E-state index contributed by atoms with van der Waals surface area (Å²) < 4.78 is 0. The minimum atomic E-state index is 0.764. The van der Waals surface area contributed by atoms with E-state index in [9.17, 15) is 4.79 Å². The molecule has 3 atom stereocenters. The number of carbonyl (C=O) groups is 1. The first-order valence-corrected chi connectivity index (χ1v) is 4.85. The Morgan fingerprint density at radius 2 is 2.09 bits per heavy atom. The minimum absolute atomic E-state index is 0.764. The molecule has 0 aromatic carbocycles. The molecule has 0 aromatic heterocycles. The van der Waals surface area contributed by atoms with E-state index in [0.717, 1.165) is 30.5 Å². The Labute approximate surface area is 68.2 Å². The fraction of sp³-hybridized carbons (Fsp3) is 0.900. The fourth-order valence-electron chi connectivity index (χ4n) is 3.10. The summed E-state index contributed by atoms with van der Waals surface area (Å²) >= 11 is 0. The van der Waals surface area contributed by atoms with Gasteiger partial charge in [-0.25, -0.2) is 0 Å². The summed E-state index contributed by atoms with van der Waals surface area (Å²) in [7, 11) is 0. The van der Waals surface area contributed by atoms with Crippen molar-refractivity contribution in [2.75, 3.05) is 0 Å². The number of rotatable bonds is 2. The molecule has 0 aromatic rings. The predicted octanol–water partition coefficient (Wildman–Crippen LogP) is 2.40. The molecule has 0 heterocycles. The monoisotopic (exact) mass is 152 g/mol. The first kappa shape index (κ1) is 7.33. The zero-order chi connectivity index (χ0) is 7.68. The zero-order valence-electron chi connectivity index (χ0n) is 6.96. The lowest BCUT2D eigenvalue weighted by molar-refractivity contribution is -0.108. The highest BCUT2D eigenvalue weighted by atomic mass is 16.1. The largest absolute Gasteiger partial charge is 0.303 e. The maximum Gasteiger partial charge on any atom is 0.120 e. The van der Waals surface area contributed by atoms with Crippen molar-refractivity contribution in [2.45, 2.75) is 38.5 Å². The zero-order valence-corrected chi connectivity index (χ0v) is 6.96. The Balaban J connectivity index is 1.97. The molecule has 0 spiro atoms. The predicted molar refractivity (Wildman–Crippen MR) is 44.2 cm³/mol. The molecular weight excluding hydrogens is 136 g/mol. The quantitative estimate of drug-likeness (QED) is 0.555. The summed E-state index contributed by atoms with van der Waals surface area (Å²) in [5, 5.41) is 0. The lowest BCUT2D eigenvalue weighted by atomic mass is 9.90. The van der Waals surface area contributed by atoms with Crippen molar-refractivity contribution in [1.29, 1.82) is 0 Å². The van der Waals surface area contributed by atoms with Gasteiger partial charge in [0.2, 0.25) is 0 Å². The Morgan fingerprint density at radius 3 is 2.91 bits per heavy atom. The van der Waals surface area contributed by atoms with Gasteiger partial charge in [-0.2, -0.15) is 0 Å². The van der Waals surface area contributed by atoms with Crippen molar-refractivity contribution in [3.05, 3.63) is 0 Å². The first-order valence-electron chi connectivity index (χ1n) is 4.85. The lowest BCUT2D eigenvalue weighted by Gasteiger charge is -2.14. The molecule has 2 aliphatic carbocycles. The highest BCUT2D eigenvalue weighted by molar-refractivity contribution is 5.49. The molecule has 11 heavy (non-hydrogen) atoms. The number of hydrogen-bond donors (Lipinski definition) is 0. The summed E-state index contributed by atoms with van der Waals surface area (Å²) in [5.41, 5.74) is 0. The average molecular weight is 152 g/mol. The average Bonchev–Trinajstić information content (AvgIpc) is 2.53. The molecule has 0 radical (unpaired) electrons. The van der Waals surface area contributed by atoms with E-state index in [1.54, 1.807) is 0 Å². The van der Waals surface area contributed by atoms with Crippen LogP contribution in [0.2, 0.25) is 0 Å². The SMILES string of the molecule is O=CCC1CCC2CCCC12. The molecule has 0 saturated heterocycles. The Morgan fingerprint density at radius 1 is 1.18 bits per heavy atom. The highest BCUT2D eigenvalue weighted by Crippen LogP contribution is 2.48. The van der Waals surface area contributed by atoms with Gasteiger partial charge in [-0.15, -0.1) is 0 Å². The van der Waals surface area contributed by atoms with Crippen molar-refractivity contribution in [3.63, 3.8) is 0 Å². The van der Waals surface area contributed by atoms with Crippen molar-refractivity contribution >= 4 is 6.29 Å². The van der Waals surface area contributed by atoms with Gasteiger partial charge in [0.1, 0.15) is 6.29 Å². The maximum atomic E-state index is 10.3. The first-order chi connectivity index (χ1) is 5.42. The van der Waals surface area contributed by atoms with Crippen LogP contribution in [0.4, 0.5) is 0 Å². The number of hydrogen-bond acceptors (Lipinski definition) is 1.